The van der Waals surface area contributed by atoms with Gasteiger partial charge in [0.15, 0.2) is 10.7 Å². The topological polar surface area (TPSA) is 91.8 Å². The van der Waals surface area contributed by atoms with Crippen LogP contribution in [-0.2, 0) is 6.42 Å². The number of aryl methyl sites for hydroxylation is 1. The predicted molar refractivity (Wildman–Crippen MR) is 128 cm³/mol. The monoisotopic (exact) mass is 516 g/mol. The highest BCUT2D eigenvalue weighted by Crippen LogP contribution is 2.40. The maximum Gasteiger partial charge on any atom is 0.377 e. The second-order valence-corrected chi connectivity index (χ2v) is 8.99. The Labute approximate surface area is 197 Å². The van der Waals surface area contributed by atoms with Crippen LogP contribution in [0.1, 0.15) is 25.3 Å². The zero-order valence-electron chi connectivity index (χ0n) is 17.8. The molecule has 0 unspecified atom stereocenters. The van der Waals surface area contributed by atoms with Gasteiger partial charge in [-0.1, -0.05) is 51.0 Å². The van der Waals surface area contributed by atoms with Crippen molar-refractivity contribution in [2.75, 3.05) is 14.2 Å². The minimum atomic E-state index is -0.446. The van der Waals surface area contributed by atoms with E-state index in [9.17, 15) is 10.1 Å². The molecule has 0 radical (unpaired) electrons. The number of benzene rings is 2. The molecule has 0 N–H and O–H groups in total. The van der Waals surface area contributed by atoms with Gasteiger partial charge in [0.2, 0.25) is 0 Å². The van der Waals surface area contributed by atoms with E-state index in [2.05, 4.69) is 32.9 Å². The first-order chi connectivity index (χ1) is 15.5. The molecule has 166 valence electrons. The van der Waals surface area contributed by atoms with Gasteiger partial charge in [0, 0.05) is 16.1 Å². The Morgan fingerprint density at radius 1 is 1.16 bits per heavy atom. The van der Waals surface area contributed by atoms with Gasteiger partial charge in [0.25, 0.3) is 0 Å². The molecule has 0 amide bonds. The Kier molecular flexibility index (Phi) is 6.43. The van der Waals surface area contributed by atoms with Crippen molar-refractivity contribution in [3.63, 3.8) is 0 Å². The van der Waals surface area contributed by atoms with Crippen LogP contribution in [0, 0.1) is 10.1 Å². The molecule has 0 saturated carbocycles. The molecule has 0 aliphatic rings. The third-order valence-corrected chi connectivity index (χ3v) is 6.57. The lowest BCUT2D eigenvalue weighted by Crippen LogP contribution is -1.99. The quantitative estimate of drug-likeness (QED) is 0.206. The van der Waals surface area contributed by atoms with Crippen molar-refractivity contribution >= 4 is 38.0 Å². The van der Waals surface area contributed by atoms with Crippen molar-refractivity contribution < 1.29 is 14.4 Å². The van der Waals surface area contributed by atoms with Crippen molar-refractivity contribution in [3.8, 4) is 33.3 Å². The number of ether oxygens (including phenoxy) is 2. The van der Waals surface area contributed by atoms with Crippen molar-refractivity contribution in [2.45, 2.75) is 26.2 Å². The first kappa shape index (κ1) is 22.2. The van der Waals surface area contributed by atoms with E-state index in [1.165, 1.54) is 15.9 Å². The van der Waals surface area contributed by atoms with E-state index in [-0.39, 0.29) is 11.5 Å². The number of unbranched alkanes of at least 4 members (excludes halogenated alkanes) is 1. The normalized spacial score (nSPS) is 11.1. The van der Waals surface area contributed by atoms with E-state index < -0.39 is 4.92 Å². The number of hydrogen-bond donors (Lipinski definition) is 0. The summed E-state index contributed by atoms with van der Waals surface area (Å²) < 4.78 is 13.3. The largest absolute Gasteiger partial charge is 0.496 e. The van der Waals surface area contributed by atoms with Crippen LogP contribution >= 0.6 is 27.3 Å². The molecule has 8 nitrogen and oxygen atoms in total. The fourth-order valence-electron chi connectivity index (χ4n) is 3.51. The van der Waals surface area contributed by atoms with Gasteiger partial charge in [-0.15, -0.1) is 0 Å². The second kappa shape index (κ2) is 9.25. The molecule has 2 aromatic heterocycles. The zero-order chi connectivity index (χ0) is 22.8. The van der Waals surface area contributed by atoms with Crippen LogP contribution in [0.2, 0.25) is 0 Å². The maximum atomic E-state index is 11.9. The average Bonchev–Trinajstić information content (AvgIpc) is 3.35. The van der Waals surface area contributed by atoms with E-state index in [1.807, 2.05) is 24.3 Å². The van der Waals surface area contributed by atoms with Crippen LogP contribution < -0.4 is 9.47 Å². The molecular weight excluding hydrogens is 496 g/mol. The van der Waals surface area contributed by atoms with Gasteiger partial charge in [-0.2, -0.15) is 4.98 Å². The summed E-state index contributed by atoms with van der Waals surface area (Å²) >= 11 is 4.66. The Morgan fingerprint density at radius 3 is 2.50 bits per heavy atom. The highest BCUT2D eigenvalue weighted by Gasteiger charge is 2.29. The molecule has 2 aromatic carbocycles. The van der Waals surface area contributed by atoms with E-state index in [0.29, 0.717) is 21.3 Å². The first-order valence-electron chi connectivity index (χ1n) is 10.0. The molecule has 0 spiro atoms. The Balaban J connectivity index is 1.86. The SMILES string of the molecule is CCCCc1cc(-c2nn3c([N+](=O)[O-])c(-c4ccc(Br)cc4)nc3s2)c(OC)cc1OC. The number of fused-ring (bicyclic) bond motifs is 1. The van der Waals surface area contributed by atoms with Crippen LogP contribution in [0.15, 0.2) is 40.9 Å². The van der Waals surface area contributed by atoms with E-state index in [1.54, 1.807) is 26.4 Å². The van der Waals surface area contributed by atoms with Crippen LogP contribution in [0.5, 0.6) is 11.5 Å². The highest BCUT2D eigenvalue weighted by molar-refractivity contribution is 9.10. The standard InChI is InChI=1S/C22H21BrN4O4S/c1-4-5-6-14-11-16(18(31-3)12-17(14)30-2)20-25-26-21(27(28)29)19(24-22(26)32-20)13-7-9-15(23)10-8-13/h7-12H,4-6H2,1-3H3. The molecule has 0 bridgehead atoms. The zero-order valence-corrected chi connectivity index (χ0v) is 20.2. The fraction of sp³-hybridized carbons (Fsp3) is 0.273. The third-order valence-electron chi connectivity index (χ3n) is 5.10. The number of hydrogen-bond acceptors (Lipinski definition) is 7. The molecule has 2 heterocycles. The third kappa shape index (κ3) is 4.07. The number of nitro groups is 1. The Bertz CT molecular complexity index is 1280. The van der Waals surface area contributed by atoms with E-state index in [4.69, 9.17) is 9.47 Å². The predicted octanol–water partition coefficient (Wildman–Crippen LogP) is 6.16. The minimum Gasteiger partial charge on any atom is -0.496 e. The summed E-state index contributed by atoms with van der Waals surface area (Å²) in [5.74, 6) is 1.18. The number of methoxy groups -OCH3 is 2. The van der Waals surface area contributed by atoms with Gasteiger partial charge in [0.05, 0.1) is 19.8 Å². The van der Waals surface area contributed by atoms with Crippen molar-refractivity contribution in [3.05, 3.63) is 56.5 Å². The van der Waals surface area contributed by atoms with Crippen molar-refractivity contribution in [2.24, 2.45) is 0 Å². The molecule has 4 rings (SSSR count). The average molecular weight is 517 g/mol. The van der Waals surface area contributed by atoms with Gasteiger partial charge in [-0.25, -0.2) is 0 Å². The van der Waals surface area contributed by atoms with Gasteiger partial charge >= 0.3 is 10.8 Å². The van der Waals surface area contributed by atoms with E-state index in [0.717, 1.165) is 40.6 Å². The summed E-state index contributed by atoms with van der Waals surface area (Å²) in [6.07, 6.45) is 2.93. The molecular formula is C22H21BrN4O4S. The second-order valence-electron chi connectivity index (χ2n) is 7.12. The molecule has 0 aliphatic carbocycles. The first-order valence-corrected chi connectivity index (χ1v) is 11.6. The summed E-state index contributed by atoms with van der Waals surface area (Å²) in [5, 5.41) is 17.1. The number of rotatable bonds is 8. The molecule has 0 saturated heterocycles. The summed E-state index contributed by atoms with van der Waals surface area (Å²) in [7, 11) is 3.21. The van der Waals surface area contributed by atoms with E-state index >= 15 is 0 Å². The molecule has 0 aliphatic heterocycles. The lowest BCUT2D eigenvalue weighted by molar-refractivity contribution is -0.390. The van der Waals surface area contributed by atoms with Gasteiger partial charge in [-0.05, 0) is 52.9 Å². The molecule has 32 heavy (non-hydrogen) atoms. The van der Waals surface area contributed by atoms with Gasteiger partial charge < -0.3 is 19.6 Å². The Hall–Kier alpha value is -2.98. The van der Waals surface area contributed by atoms with Crippen LogP contribution in [0.3, 0.4) is 0 Å². The van der Waals surface area contributed by atoms with Crippen LogP contribution in [0.25, 0.3) is 26.8 Å². The summed E-state index contributed by atoms with van der Waals surface area (Å²) in [6.45, 7) is 2.13. The fourth-order valence-corrected chi connectivity index (χ4v) is 4.69. The number of halogens is 1. The molecule has 10 heteroatoms. The maximum absolute atomic E-state index is 11.9. The molecule has 4 aromatic rings. The number of imidazole rings is 1. The van der Waals surface area contributed by atoms with Gasteiger partial charge in [0.1, 0.15) is 11.5 Å². The number of aromatic nitrogens is 3. The highest BCUT2D eigenvalue weighted by atomic mass is 79.9. The summed E-state index contributed by atoms with van der Waals surface area (Å²) in [6, 6.07) is 11.1. The summed E-state index contributed by atoms with van der Waals surface area (Å²) in [4.78, 5) is 16.5. The lowest BCUT2D eigenvalue weighted by Gasteiger charge is -2.13. The summed E-state index contributed by atoms with van der Waals surface area (Å²) in [5.41, 5.74) is 2.75. The van der Waals surface area contributed by atoms with Gasteiger partial charge in [-0.3, -0.25) is 0 Å². The lowest BCUT2D eigenvalue weighted by atomic mass is 10.0. The molecule has 0 atom stereocenters. The minimum absolute atomic E-state index is 0.163. The van der Waals surface area contributed by atoms with Crippen molar-refractivity contribution in [1.29, 1.82) is 0 Å². The van der Waals surface area contributed by atoms with Crippen LogP contribution in [0.4, 0.5) is 5.82 Å². The van der Waals surface area contributed by atoms with Crippen LogP contribution in [-0.4, -0.2) is 33.7 Å². The molecule has 0 fully saturated rings. The number of nitrogens with zero attached hydrogens (tertiary/aromatic N) is 4. The van der Waals surface area contributed by atoms with Crippen molar-refractivity contribution in [1.82, 2.24) is 14.6 Å². The smallest absolute Gasteiger partial charge is 0.377 e. The Morgan fingerprint density at radius 2 is 1.88 bits per heavy atom.